The highest BCUT2D eigenvalue weighted by molar-refractivity contribution is 5.68. The molecule has 1 atom stereocenters. The number of alkyl halides is 3. The number of likely N-dealkylation sites (tertiary alicyclic amines) is 1. The molecule has 1 saturated heterocycles. The highest BCUT2D eigenvalue weighted by atomic mass is 19.4. The summed E-state index contributed by atoms with van der Waals surface area (Å²) in [4.78, 5) is 18.3. The number of benzene rings is 1. The number of amides is 1. The number of carbonyl (C=O) groups excluding carboxylic acids is 1. The van der Waals surface area contributed by atoms with Gasteiger partial charge in [0.25, 0.3) is 0 Å². The molecule has 31 heavy (non-hydrogen) atoms. The van der Waals surface area contributed by atoms with Gasteiger partial charge >= 0.3 is 12.3 Å². The molecule has 8 heteroatoms. The van der Waals surface area contributed by atoms with E-state index in [4.69, 9.17) is 4.74 Å². The third-order valence-electron chi connectivity index (χ3n) is 5.59. The van der Waals surface area contributed by atoms with Crippen LogP contribution in [0, 0.1) is 0 Å². The third-order valence-corrected chi connectivity index (χ3v) is 5.59. The van der Waals surface area contributed by atoms with Gasteiger partial charge in [0.05, 0.1) is 11.3 Å². The fourth-order valence-corrected chi connectivity index (χ4v) is 3.95. The predicted molar refractivity (Wildman–Crippen MR) is 109 cm³/mol. The van der Waals surface area contributed by atoms with E-state index in [9.17, 15) is 23.1 Å². The Morgan fingerprint density at radius 1 is 1.10 bits per heavy atom. The smallest absolute Gasteiger partial charge is 0.416 e. The van der Waals surface area contributed by atoms with Crippen LogP contribution in [0.25, 0.3) is 0 Å². The van der Waals surface area contributed by atoms with Gasteiger partial charge < -0.3 is 14.7 Å². The molecule has 1 aliphatic heterocycles. The zero-order valence-electron chi connectivity index (χ0n) is 17.8. The fraction of sp³-hybridized carbons (Fsp3) is 0.478. The first-order valence-corrected chi connectivity index (χ1v) is 10.2. The van der Waals surface area contributed by atoms with E-state index >= 15 is 0 Å². The quantitative estimate of drug-likeness (QED) is 0.727. The lowest BCUT2D eigenvalue weighted by atomic mass is 9.67. The van der Waals surface area contributed by atoms with Crippen LogP contribution in [0.5, 0.6) is 0 Å². The van der Waals surface area contributed by atoms with Gasteiger partial charge in [-0.2, -0.15) is 13.2 Å². The summed E-state index contributed by atoms with van der Waals surface area (Å²) in [6.45, 7) is 5.96. The molecule has 1 unspecified atom stereocenters. The minimum Gasteiger partial charge on any atom is -0.444 e. The molecule has 1 aliphatic rings. The number of ether oxygens (including phenoxy) is 1. The van der Waals surface area contributed by atoms with Crippen LogP contribution < -0.4 is 0 Å². The predicted octanol–water partition coefficient (Wildman–Crippen LogP) is 5.10. The van der Waals surface area contributed by atoms with Crippen LogP contribution in [0.3, 0.4) is 0 Å². The van der Waals surface area contributed by atoms with E-state index in [1.54, 1.807) is 50.1 Å². The lowest BCUT2D eigenvalue weighted by Crippen LogP contribution is -2.49. The van der Waals surface area contributed by atoms with E-state index < -0.39 is 35.0 Å². The van der Waals surface area contributed by atoms with Gasteiger partial charge in [-0.25, -0.2) is 4.79 Å². The maximum absolute atomic E-state index is 13.0. The first-order valence-electron chi connectivity index (χ1n) is 10.2. The zero-order valence-corrected chi connectivity index (χ0v) is 17.8. The van der Waals surface area contributed by atoms with Crippen molar-refractivity contribution in [3.8, 4) is 0 Å². The molecule has 1 aromatic carbocycles. The number of pyridine rings is 1. The number of rotatable bonds is 3. The lowest BCUT2D eigenvalue weighted by Gasteiger charge is -2.45. The van der Waals surface area contributed by atoms with E-state index in [0.717, 1.165) is 12.1 Å². The molecule has 168 valence electrons. The van der Waals surface area contributed by atoms with Crippen LogP contribution in [0.1, 0.15) is 56.5 Å². The van der Waals surface area contributed by atoms with Crippen molar-refractivity contribution < 1.29 is 27.8 Å². The summed E-state index contributed by atoms with van der Waals surface area (Å²) in [6, 6.07) is 10.1. The van der Waals surface area contributed by atoms with Gasteiger partial charge in [-0.1, -0.05) is 18.2 Å². The molecule has 2 aromatic rings. The molecule has 5 nitrogen and oxygen atoms in total. The number of hydrogen-bond acceptors (Lipinski definition) is 4. The van der Waals surface area contributed by atoms with Crippen LogP contribution in [-0.2, 0) is 16.3 Å². The lowest BCUT2D eigenvalue weighted by molar-refractivity contribution is -0.137. The molecule has 0 saturated carbocycles. The molecule has 2 heterocycles. The van der Waals surface area contributed by atoms with Crippen LogP contribution in [0.4, 0.5) is 18.0 Å². The number of aliphatic hydroxyl groups excluding tert-OH is 1. The Kier molecular flexibility index (Phi) is 6.32. The molecular formula is C23H27F3N2O3. The summed E-state index contributed by atoms with van der Waals surface area (Å²) in [5, 5.41) is 11.3. The van der Waals surface area contributed by atoms with Crippen molar-refractivity contribution in [2.24, 2.45) is 0 Å². The highest BCUT2D eigenvalue weighted by Gasteiger charge is 2.45. The summed E-state index contributed by atoms with van der Waals surface area (Å²) in [5.74, 6) is 0. The number of aliphatic hydroxyl groups is 1. The number of aromatic nitrogens is 1. The maximum Gasteiger partial charge on any atom is 0.416 e. The van der Waals surface area contributed by atoms with Gasteiger partial charge in [-0.05, 0) is 63.4 Å². The van der Waals surface area contributed by atoms with Crippen molar-refractivity contribution in [3.05, 3.63) is 65.5 Å². The van der Waals surface area contributed by atoms with Crippen molar-refractivity contribution >= 4 is 6.09 Å². The number of nitrogens with zero attached hydrogens (tertiary/aromatic N) is 2. The van der Waals surface area contributed by atoms with Crippen LogP contribution in [0.15, 0.2) is 48.7 Å². The second-order valence-corrected chi connectivity index (χ2v) is 8.86. The monoisotopic (exact) mass is 436 g/mol. The number of hydrogen-bond donors (Lipinski definition) is 1. The molecule has 1 N–H and O–H groups in total. The van der Waals surface area contributed by atoms with Gasteiger partial charge in [0.2, 0.25) is 0 Å². The van der Waals surface area contributed by atoms with Crippen molar-refractivity contribution in [2.45, 2.75) is 56.9 Å². The van der Waals surface area contributed by atoms with Crippen molar-refractivity contribution in [1.82, 2.24) is 9.88 Å². The molecule has 1 aromatic heterocycles. The Bertz CT molecular complexity index is 885. The Morgan fingerprint density at radius 3 is 2.19 bits per heavy atom. The van der Waals surface area contributed by atoms with E-state index in [0.29, 0.717) is 37.2 Å². The molecule has 1 fully saturated rings. The molecule has 1 amide bonds. The van der Waals surface area contributed by atoms with Crippen LogP contribution in [0.2, 0.25) is 0 Å². The van der Waals surface area contributed by atoms with Crippen molar-refractivity contribution in [3.63, 3.8) is 0 Å². The van der Waals surface area contributed by atoms with Gasteiger partial charge in [0.15, 0.2) is 0 Å². The fourth-order valence-electron chi connectivity index (χ4n) is 3.95. The second-order valence-electron chi connectivity index (χ2n) is 8.86. The average Bonchev–Trinajstić information content (AvgIpc) is 2.72. The largest absolute Gasteiger partial charge is 0.444 e. The summed E-state index contributed by atoms with van der Waals surface area (Å²) >= 11 is 0. The average molecular weight is 436 g/mol. The van der Waals surface area contributed by atoms with Gasteiger partial charge in [0.1, 0.15) is 11.7 Å². The molecule has 0 aliphatic carbocycles. The Labute approximate surface area is 179 Å². The minimum atomic E-state index is -4.44. The molecular weight excluding hydrogens is 409 g/mol. The number of halogens is 3. The molecule has 0 radical (unpaired) electrons. The number of carbonyl (C=O) groups is 1. The highest BCUT2D eigenvalue weighted by Crippen LogP contribution is 2.46. The topological polar surface area (TPSA) is 62.7 Å². The SMILES string of the molecule is CC(C)(C)OC(=O)N1CCC(c2ccc(C(F)(F)F)cc2)(C(O)c2ccccn2)CC1. The van der Waals surface area contributed by atoms with Crippen molar-refractivity contribution in [2.75, 3.05) is 13.1 Å². The van der Waals surface area contributed by atoms with Crippen molar-refractivity contribution in [1.29, 1.82) is 0 Å². The summed E-state index contributed by atoms with van der Waals surface area (Å²) < 4.78 is 44.6. The van der Waals surface area contributed by atoms with Gasteiger partial charge in [0, 0.05) is 24.7 Å². The van der Waals surface area contributed by atoms with Gasteiger partial charge in [-0.3, -0.25) is 4.98 Å². The first-order chi connectivity index (χ1) is 14.4. The van der Waals surface area contributed by atoms with Crippen LogP contribution in [-0.4, -0.2) is 39.8 Å². The first kappa shape index (κ1) is 23.1. The summed E-state index contributed by atoms with van der Waals surface area (Å²) in [5.41, 5.74) is -1.23. The Balaban J connectivity index is 1.91. The minimum absolute atomic E-state index is 0.305. The molecule has 0 spiro atoms. The second kappa shape index (κ2) is 8.49. The van der Waals surface area contributed by atoms with E-state index in [1.807, 2.05) is 0 Å². The molecule has 3 rings (SSSR count). The zero-order chi connectivity index (χ0) is 22.9. The number of piperidine rings is 1. The van der Waals surface area contributed by atoms with E-state index in [1.165, 1.54) is 12.1 Å². The molecule has 0 bridgehead atoms. The van der Waals surface area contributed by atoms with Crippen LogP contribution >= 0.6 is 0 Å². The van der Waals surface area contributed by atoms with Gasteiger partial charge in [-0.15, -0.1) is 0 Å². The van der Waals surface area contributed by atoms with E-state index in [2.05, 4.69) is 4.98 Å². The van der Waals surface area contributed by atoms with E-state index in [-0.39, 0.29) is 0 Å². The standard InChI is InChI=1S/C23H27F3N2O3/c1-21(2,3)31-20(30)28-14-11-22(12-15-28,19(29)18-6-4-5-13-27-18)16-7-9-17(10-8-16)23(24,25)26/h4-10,13,19,29H,11-12,14-15H2,1-3H3. The normalized spacial score (nSPS) is 17.8. The maximum atomic E-state index is 13.0. The Hall–Kier alpha value is -2.61. The summed E-state index contributed by atoms with van der Waals surface area (Å²) in [7, 11) is 0. The Morgan fingerprint density at radius 2 is 1.71 bits per heavy atom. The summed E-state index contributed by atoms with van der Waals surface area (Å²) in [6.07, 6.45) is -3.64. The third kappa shape index (κ3) is 5.18.